The monoisotopic (exact) mass is 526 g/mol. The molecule has 2 N–H and O–H groups in total. The molecular weight excluding hydrogens is 504 g/mol. The number of alkyl halides is 3. The molecule has 1 aliphatic rings. The number of hydrogen-bond donors (Lipinski definition) is 2. The van der Waals surface area contributed by atoms with E-state index in [0.717, 1.165) is 0 Å². The molecule has 0 amide bonds. The number of aryl methyl sites for hydroxylation is 1. The van der Waals surface area contributed by atoms with Crippen molar-refractivity contribution in [3.63, 3.8) is 0 Å². The van der Waals surface area contributed by atoms with Gasteiger partial charge in [0.25, 0.3) is 0 Å². The summed E-state index contributed by atoms with van der Waals surface area (Å²) in [7, 11) is -3.67. The van der Waals surface area contributed by atoms with E-state index in [1.807, 2.05) is 0 Å². The van der Waals surface area contributed by atoms with E-state index in [1.54, 1.807) is 14.0 Å². The van der Waals surface area contributed by atoms with Crippen LogP contribution in [0.15, 0.2) is 9.52 Å². The normalized spacial score (nSPS) is 17.4. The Kier molecular flexibility index (Phi) is 8.72. The SMILES string of the molecule is CN=C(NCc1nc(C)no1)NCC1CCN(S(=O)(=O)C(F)(F)F)CC1.I. The van der Waals surface area contributed by atoms with E-state index in [9.17, 15) is 21.6 Å². The van der Waals surface area contributed by atoms with E-state index in [1.165, 1.54) is 0 Å². The van der Waals surface area contributed by atoms with Gasteiger partial charge in [0.2, 0.25) is 5.89 Å². The van der Waals surface area contributed by atoms with Crippen LogP contribution in [0.25, 0.3) is 0 Å². The van der Waals surface area contributed by atoms with Crippen LogP contribution < -0.4 is 10.6 Å². The molecule has 0 saturated carbocycles. The molecule has 2 heterocycles. The maximum absolute atomic E-state index is 12.6. The van der Waals surface area contributed by atoms with E-state index in [0.29, 0.717) is 41.4 Å². The molecule has 2 rings (SSSR count). The molecule has 156 valence electrons. The Hall–Kier alpha value is -1.16. The third-order valence-corrected chi connectivity index (χ3v) is 5.59. The third-order valence-electron chi connectivity index (χ3n) is 3.96. The molecule has 0 unspecified atom stereocenters. The number of rotatable bonds is 5. The third kappa shape index (κ3) is 6.44. The fraction of sp³-hybridized carbons (Fsp3) is 0.769. The van der Waals surface area contributed by atoms with Gasteiger partial charge < -0.3 is 15.2 Å². The summed E-state index contributed by atoms with van der Waals surface area (Å²) in [5.74, 6) is 1.44. The average molecular weight is 526 g/mol. The Labute approximate surface area is 172 Å². The number of halogens is 4. The zero-order chi connectivity index (χ0) is 19.4. The number of nitrogens with one attached hydrogen (secondary N) is 2. The summed E-state index contributed by atoms with van der Waals surface area (Å²) in [4.78, 5) is 8.07. The number of nitrogens with zero attached hydrogens (tertiary/aromatic N) is 4. The standard InChI is InChI=1S/C13H21F3N6O3S.HI/c1-9-20-11(25-21-9)8-19-12(17-2)18-7-10-3-5-22(6-4-10)26(23,24)13(14,15)16;/h10H,3-8H2,1-2H3,(H2,17,18,19);1H. The first-order valence-corrected chi connectivity index (χ1v) is 9.37. The largest absolute Gasteiger partial charge is 0.511 e. The minimum absolute atomic E-state index is 0. The van der Waals surface area contributed by atoms with Gasteiger partial charge in [-0.2, -0.15) is 22.5 Å². The Bertz CT molecular complexity index is 732. The first kappa shape index (κ1) is 23.9. The molecule has 0 aliphatic carbocycles. The van der Waals surface area contributed by atoms with Crippen LogP contribution in [0.4, 0.5) is 13.2 Å². The van der Waals surface area contributed by atoms with Crippen LogP contribution in [0, 0.1) is 12.8 Å². The highest BCUT2D eigenvalue weighted by molar-refractivity contribution is 14.0. The van der Waals surface area contributed by atoms with Gasteiger partial charge >= 0.3 is 15.5 Å². The van der Waals surface area contributed by atoms with Crippen LogP contribution in [0.3, 0.4) is 0 Å². The molecule has 1 aromatic rings. The van der Waals surface area contributed by atoms with Crippen molar-refractivity contribution in [3.05, 3.63) is 11.7 Å². The minimum Gasteiger partial charge on any atom is -0.356 e. The fourth-order valence-corrected chi connectivity index (χ4v) is 3.52. The Morgan fingerprint density at radius 1 is 1.33 bits per heavy atom. The van der Waals surface area contributed by atoms with Crippen molar-refractivity contribution in [1.82, 2.24) is 25.1 Å². The fourth-order valence-electron chi connectivity index (χ4n) is 2.53. The minimum atomic E-state index is -5.25. The summed E-state index contributed by atoms with van der Waals surface area (Å²) >= 11 is 0. The van der Waals surface area contributed by atoms with E-state index >= 15 is 0 Å². The lowest BCUT2D eigenvalue weighted by Gasteiger charge is -2.31. The average Bonchev–Trinajstić information content (AvgIpc) is 3.00. The van der Waals surface area contributed by atoms with Crippen LogP contribution >= 0.6 is 24.0 Å². The summed E-state index contributed by atoms with van der Waals surface area (Å²) in [6.45, 7) is 2.14. The summed E-state index contributed by atoms with van der Waals surface area (Å²) in [6.07, 6.45) is 0.671. The van der Waals surface area contributed by atoms with Crippen LogP contribution in [0.1, 0.15) is 24.6 Å². The smallest absolute Gasteiger partial charge is 0.356 e. The molecule has 1 aliphatic heterocycles. The van der Waals surface area contributed by atoms with Gasteiger partial charge in [-0.1, -0.05) is 5.16 Å². The molecule has 9 nitrogen and oxygen atoms in total. The Balaban J connectivity index is 0.00000364. The molecule has 0 spiro atoms. The lowest BCUT2D eigenvalue weighted by atomic mass is 9.98. The van der Waals surface area contributed by atoms with Gasteiger partial charge in [0.15, 0.2) is 11.8 Å². The number of aromatic nitrogens is 2. The Morgan fingerprint density at radius 2 is 1.96 bits per heavy atom. The molecule has 0 bridgehead atoms. The Morgan fingerprint density at radius 3 is 2.44 bits per heavy atom. The number of piperidine rings is 1. The highest BCUT2D eigenvalue weighted by Gasteiger charge is 2.50. The number of hydrogen-bond acceptors (Lipinski definition) is 6. The molecule has 1 aromatic heterocycles. The van der Waals surface area contributed by atoms with Crippen molar-refractivity contribution >= 4 is 40.0 Å². The van der Waals surface area contributed by atoms with Crippen molar-refractivity contribution in [1.29, 1.82) is 0 Å². The molecule has 1 saturated heterocycles. The maximum atomic E-state index is 12.6. The molecular formula is C13H22F3IN6O3S. The quantitative estimate of drug-likeness (QED) is 0.337. The van der Waals surface area contributed by atoms with E-state index in [-0.39, 0.29) is 49.5 Å². The summed E-state index contributed by atoms with van der Waals surface area (Å²) in [5.41, 5.74) is -5.25. The number of guanidine groups is 1. The second-order valence-electron chi connectivity index (χ2n) is 5.84. The van der Waals surface area contributed by atoms with Gasteiger partial charge in [-0.3, -0.25) is 4.99 Å². The van der Waals surface area contributed by atoms with Crippen LogP contribution in [0.5, 0.6) is 0 Å². The topological polar surface area (TPSA) is 113 Å². The number of aliphatic imine (C=N–C) groups is 1. The first-order chi connectivity index (χ1) is 12.1. The van der Waals surface area contributed by atoms with E-state index < -0.39 is 15.5 Å². The van der Waals surface area contributed by atoms with E-state index in [2.05, 4.69) is 25.8 Å². The van der Waals surface area contributed by atoms with Gasteiger partial charge in [0.1, 0.15) is 0 Å². The zero-order valence-electron chi connectivity index (χ0n) is 14.8. The summed E-state index contributed by atoms with van der Waals surface area (Å²) in [6, 6.07) is 0. The molecule has 0 aromatic carbocycles. The second kappa shape index (κ2) is 9.86. The molecule has 0 atom stereocenters. The van der Waals surface area contributed by atoms with Crippen molar-refractivity contribution in [2.24, 2.45) is 10.9 Å². The van der Waals surface area contributed by atoms with Crippen LogP contribution in [0.2, 0.25) is 0 Å². The van der Waals surface area contributed by atoms with Gasteiger partial charge in [-0.15, -0.1) is 24.0 Å². The van der Waals surface area contributed by atoms with E-state index in [4.69, 9.17) is 4.52 Å². The predicted molar refractivity (Wildman–Crippen MR) is 102 cm³/mol. The zero-order valence-corrected chi connectivity index (χ0v) is 17.9. The first-order valence-electron chi connectivity index (χ1n) is 7.93. The van der Waals surface area contributed by atoms with Gasteiger partial charge in [-0.25, -0.2) is 8.42 Å². The molecule has 14 heteroatoms. The molecule has 27 heavy (non-hydrogen) atoms. The van der Waals surface area contributed by atoms with Gasteiger partial charge in [0.05, 0.1) is 6.54 Å². The van der Waals surface area contributed by atoms with Gasteiger partial charge in [0, 0.05) is 26.7 Å². The second-order valence-corrected chi connectivity index (χ2v) is 7.76. The van der Waals surface area contributed by atoms with Crippen LogP contribution in [-0.2, 0) is 16.6 Å². The van der Waals surface area contributed by atoms with Crippen molar-refractivity contribution < 1.29 is 26.1 Å². The summed E-state index contributed by atoms with van der Waals surface area (Å²) in [5, 5.41) is 9.70. The lowest BCUT2D eigenvalue weighted by molar-refractivity contribution is -0.0496. The van der Waals surface area contributed by atoms with Crippen molar-refractivity contribution in [2.45, 2.75) is 31.8 Å². The predicted octanol–water partition coefficient (Wildman–Crippen LogP) is 1.22. The van der Waals surface area contributed by atoms with Crippen molar-refractivity contribution in [2.75, 3.05) is 26.7 Å². The summed E-state index contributed by atoms with van der Waals surface area (Å²) < 4.78 is 65.9. The highest BCUT2D eigenvalue weighted by Crippen LogP contribution is 2.30. The molecule has 0 radical (unpaired) electrons. The highest BCUT2D eigenvalue weighted by atomic mass is 127. The molecule has 1 fully saturated rings. The van der Waals surface area contributed by atoms with Crippen molar-refractivity contribution in [3.8, 4) is 0 Å². The number of sulfonamides is 1. The van der Waals surface area contributed by atoms with Crippen LogP contribution in [-0.4, -0.2) is 61.0 Å². The maximum Gasteiger partial charge on any atom is 0.511 e. The van der Waals surface area contributed by atoms with Gasteiger partial charge in [-0.05, 0) is 25.7 Å². The lowest BCUT2D eigenvalue weighted by Crippen LogP contribution is -2.47.